The molecule has 118 valence electrons. The minimum atomic E-state index is -0.131. The Bertz CT molecular complexity index is 225. The van der Waals surface area contributed by atoms with Crippen LogP contribution < -0.4 is 0 Å². The van der Waals surface area contributed by atoms with Crippen LogP contribution in [-0.4, -0.2) is 17.5 Å². The molecular weight excluding hydrogens is 248 g/mol. The lowest BCUT2D eigenvalue weighted by atomic mass is 9.96. The highest BCUT2D eigenvalue weighted by molar-refractivity contribution is 5.48. The van der Waals surface area contributed by atoms with Gasteiger partial charge in [0.1, 0.15) is 6.29 Å². The van der Waals surface area contributed by atoms with E-state index in [1.165, 1.54) is 38.5 Å². The van der Waals surface area contributed by atoms with Crippen LogP contribution in [0.3, 0.4) is 0 Å². The first kappa shape index (κ1) is 19.4. The van der Waals surface area contributed by atoms with E-state index in [0.717, 1.165) is 44.8 Å². The Hall–Kier alpha value is -0.630. The summed E-state index contributed by atoms with van der Waals surface area (Å²) >= 11 is 0. The molecule has 0 aromatic heterocycles. The van der Waals surface area contributed by atoms with Gasteiger partial charge in [-0.25, -0.2) is 0 Å². The molecule has 2 heteroatoms. The first-order valence-corrected chi connectivity index (χ1v) is 8.43. The van der Waals surface area contributed by atoms with Gasteiger partial charge in [0.15, 0.2) is 0 Å². The third kappa shape index (κ3) is 13.8. The lowest BCUT2D eigenvalue weighted by Gasteiger charge is -2.14. The van der Waals surface area contributed by atoms with Crippen molar-refractivity contribution in [1.29, 1.82) is 0 Å². The maximum Gasteiger partial charge on any atom is 0.119 e. The van der Waals surface area contributed by atoms with Gasteiger partial charge >= 0.3 is 0 Å². The van der Waals surface area contributed by atoms with Gasteiger partial charge in [0.2, 0.25) is 0 Å². The fourth-order valence-electron chi connectivity index (χ4n) is 2.63. The number of rotatable bonds is 15. The molecule has 0 bridgehead atoms. The van der Waals surface area contributed by atoms with Crippen molar-refractivity contribution in [2.75, 3.05) is 0 Å². The average Bonchev–Trinajstić information content (AvgIpc) is 2.41. The van der Waals surface area contributed by atoms with Crippen LogP contribution in [0.1, 0.15) is 84.0 Å². The van der Waals surface area contributed by atoms with Crippen molar-refractivity contribution in [3.63, 3.8) is 0 Å². The molecule has 0 aromatic rings. The van der Waals surface area contributed by atoms with E-state index < -0.39 is 0 Å². The number of carbonyl (C=O) groups excluding carboxylic acids is 1. The summed E-state index contributed by atoms with van der Waals surface area (Å²) in [5.41, 5.74) is 0. The van der Waals surface area contributed by atoms with Gasteiger partial charge in [0.25, 0.3) is 0 Å². The molecule has 0 aliphatic carbocycles. The lowest BCUT2D eigenvalue weighted by molar-refractivity contribution is -0.107. The van der Waals surface area contributed by atoms with Crippen molar-refractivity contribution >= 4 is 6.29 Å². The molecule has 2 atom stereocenters. The van der Waals surface area contributed by atoms with Crippen molar-refractivity contribution in [3.8, 4) is 0 Å². The van der Waals surface area contributed by atoms with E-state index in [2.05, 4.69) is 13.5 Å². The summed E-state index contributed by atoms with van der Waals surface area (Å²) in [5.74, 6) is 0.550. The van der Waals surface area contributed by atoms with Crippen molar-refractivity contribution in [3.05, 3.63) is 12.7 Å². The Labute approximate surface area is 125 Å². The topological polar surface area (TPSA) is 37.3 Å². The molecule has 0 saturated heterocycles. The number of aliphatic hydroxyl groups excluding tert-OH is 1. The second-order valence-electron chi connectivity index (χ2n) is 6.09. The van der Waals surface area contributed by atoms with Crippen LogP contribution >= 0.6 is 0 Å². The zero-order valence-corrected chi connectivity index (χ0v) is 13.4. The first-order chi connectivity index (χ1) is 9.70. The molecule has 2 nitrogen and oxygen atoms in total. The zero-order chi connectivity index (χ0) is 15.1. The molecule has 0 fully saturated rings. The quantitative estimate of drug-likeness (QED) is 0.259. The Morgan fingerprint density at radius 1 is 1.00 bits per heavy atom. The molecule has 1 N–H and O–H groups in total. The fourth-order valence-corrected chi connectivity index (χ4v) is 2.63. The van der Waals surface area contributed by atoms with Crippen LogP contribution in [0.4, 0.5) is 0 Å². The van der Waals surface area contributed by atoms with Crippen LogP contribution in [0.5, 0.6) is 0 Å². The Kier molecular flexibility index (Phi) is 14.3. The molecule has 2 unspecified atom stereocenters. The highest BCUT2D eigenvalue weighted by atomic mass is 16.3. The molecule has 0 heterocycles. The van der Waals surface area contributed by atoms with Crippen LogP contribution in [0, 0.1) is 5.92 Å². The summed E-state index contributed by atoms with van der Waals surface area (Å²) in [4.78, 5) is 10.1. The molecule has 0 rings (SSSR count). The monoisotopic (exact) mass is 282 g/mol. The summed E-state index contributed by atoms with van der Waals surface area (Å²) in [6, 6.07) is 0. The third-order valence-electron chi connectivity index (χ3n) is 3.85. The second kappa shape index (κ2) is 14.8. The number of carbonyl (C=O) groups is 1. The predicted molar refractivity (Wildman–Crippen MR) is 86.8 cm³/mol. The van der Waals surface area contributed by atoms with E-state index >= 15 is 0 Å². The molecular formula is C18H34O2. The molecule has 0 radical (unpaired) electrons. The van der Waals surface area contributed by atoms with Gasteiger partial charge in [-0.1, -0.05) is 57.9 Å². The normalized spacial score (nSPS) is 13.9. The highest BCUT2D eigenvalue weighted by Crippen LogP contribution is 2.16. The molecule has 0 saturated carbocycles. The van der Waals surface area contributed by atoms with Gasteiger partial charge in [-0.15, -0.1) is 6.58 Å². The minimum Gasteiger partial charge on any atom is -0.393 e. The van der Waals surface area contributed by atoms with E-state index in [4.69, 9.17) is 0 Å². The van der Waals surface area contributed by atoms with Crippen molar-refractivity contribution in [2.24, 2.45) is 5.92 Å². The highest BCUT2D eigenvalue weighted by Gasteiger charge is 2.08. The Balaban J connectivity index is 3.22. The van der Waals surface area contributed by atoms with Gasteiger partial charge in [-0.3, -0.25) is 0 Å². The summed E-state index contributed by atoms with van der Waals surface area (Å²) < 4.78 is 0. The first-order valence-electron chi connectivity index (χ1n) is 8.43. The van der Waals surface area contributed by atoms with Crippen LogP contribution in [-0.2, 0) is 4.79 Å². The second-order valence-corrected chi connectivity index (χ2v) is 6.09. The predicted octanol–water partition coefficient (Wildman–Crippen LogP) is 5.05. The van der Waals surface area contributed by atoms with Crippen molar-refractivity contribution in [2.45, 2.75) is 90.1 Å². The van der Waals surface area contributed by atoms with Crippen LogP contribution in [0.2, 0.25) is 0 Å². The summed E-state index contributed by atoms with van der Waals surface area (Å²) in [5, 5.41) is 9.91. The van der Waals surface area contributed by atoms with E-state index in [1.807, 2.05) is 6.08 Å². The van der Waals surface area contributed by atoms with Gasteiger partial charge in [-0.05, 0) is 31.6 Å². The van der Waals surface area contributed by atoms with Gasteiger partial charge in [0, 0.05) is 6.42 Å². The summed E-state index contributed by atoms with van der Waals surface area (Å²) in [6.07, 6.45) is 16.2. The Morgan fingerprint density at radius 3 is 2.10 bits per heavy atom. The largest absolute Gasteiger partial charge is 0.393 e. The van der Waals surface area contributed by atoms with Crippen LogP contribution in [0.15, 0.2) is 12.7 Å². The average molecular weight is 282 g/mol. The van der Waals surface area contributed by atoms with Gasteiger partial charge in [-0.2, -0.15) is 0 Å². The SMILES string of the molecule is C=CCC(C)CC(O)CCCCCCCCCCC=O. The van der Waals surface area contributed by atoms with Crippen LogP contribution in [0.25, 0.3) is 0 Å². The number of aldehydes is 1. The summed E-state index contributed by atoms with van der Waals surface area (Å²) in [6.45, 7) is 5.91. The minimum absolute atomic E-state index is 0.131. The fraction of sp³-hybridized carbons (Fsp3) is 0.833. The number of unbranched alkanes of at least 4 members (excludes halogenated alkanes) is 8. The maximum absolute atomic E-state index is 10.1. The van der Waals surface area contributed by atoms with E-state index in [0.29, 0.717) is 5.92 Å². The van der Waals surface area contributed by atoms with Crippen molar-refractivity contribution < 1.29 is 9.90 Å². The van der Waals surface area contributed by atoms with E-state index in [9.17, 15) is 9.90 Å². The number of aliphatic hydroxyl groups is 1. The molecule has 0 aliphatic rings. The molecule has 0 spiro atoms. The molecule has 0 amide bonds. The number of allylic oxidation sites excluding steroid dienone is 1. The standard InChI is InChI=1S/C18H34O2/c1-3-13-17(2)16-18(20)14-11-9-7-5-4-6-8-10-12-15-19/h3,15,17-18,20H,1,4-14,16H2,2H3. The third-order valence-corrected chi connectivity index (χ3v) is 3.85. The smallest absolute Gasteiger partial charge is 0.119 e. The van der Waals surface area contributed by atoms with Crippen molar-refractivity contribution in [1.82, 2.24) is 0 Å². The molecule has 20 heavy (non-hydrogen) atoms. The number of hydrogen-bond acceptors (Lipinski definition) is 2. The zero-order valence-electron chi connectivity index (χ0n) is 13.4. The molecule has 0 aliphatic heterocycles. The maximum atomic E-state index is 10.1. The van der Waals surface area contributed by atoms with Gasteiger partial charge < -0.3 is 9.90 Å². The van der Waals surface area contributed by atoms with E-state index in [1.54, 1.807) is 0 Å². The number of hydrogen-bond donors (Lipinski definition) is 1. The van der Waals surface area contributed by atoms with E-state index in [-0.39, 0.29) is 6.10 Å². The van der Waals surface area contributed by atoms with Gasteiger partial charge in [0.05, 0.1) is 6.10 Å². The lowest BCUT2D eigenvalue weighted by Crippen LogP contribution is -2.11. The molecule has 0 aromatic carbocycles. The summed E-state index contributed by atoms with van der Waals surface area (Å²) in [7, 11) is 0. The Morgan fingerprint density at radius 2 is 1.55 bits per heavy atom.